The summed E-state index contributed by atoms with van der Waals surface area (Å²) in [6, 6.07) is 12.6. The minimum atomic E-state index is 0.148. The molecule has 1 saturated heterocycles. The summed E-state index contributed by atoms with van der Waals surface area (Å²) in [4.78, 5) is 17.5. The Morgan fingerprint density at radius 3 is 2.59 bits per heavy atom. The van der Waals surface area contributed by atoms with E-state index in [4.69, 9.17) is 0 Å². The number of aromatic nitrogens is 1. The second kappa shape index (κ2) is 8.41. The van der Waals surface area contributed by atoms with Crippen LogP contribution in [0.4, 0.5) is 0 Å². The molecule has 1 atom stereocenters. The van der Waals surface area contributed by atoms with E-state index in [1.54, 1.807) is 0 Å². The van der Waals surface area contributed by atoms with Gasteiger partial charge in [0, 0.05) is 37.8 Å². The number of nitrogens with zero attached hydrogens (tertiary/aromatic N) is 3. The van der Waals surface area contributed by atoms with Gasteiger partial charge in [-0.3, -0.25) is 4.79 Å². The van der Waals surface area contributed by atoms with Gasteiger partial charge in [-0.2, -0.15) is 0 Å². The monoisotopic (exact) mass is 365 g/mol. The van der Waals surface area contributed by atoms with Gasteiger partial charge < -0.3 is 14.4 Å². The molecule has 1 fully saturated rings. The van der Waals surface area contributed by atoms with E-state index in [1.807, 2.05) is 10.6 Å². The third kappa shape index (κ3) is 4.33. The minimum Gasteiger partial charge on any atom is -0.315 e. The molecule has 4 nitrogen and oxygen atoms in total. The molecule has 1 aromatic carbocycles. The molecule has 2 aromatic rings. The first-order valence-corrected chi connectivity index (χ1v) is 10.4. The molecule has 2 aliphatic heterocycles. The maximum absolute atomic E-state index is 12.7. The fourth-order valence-electron chi connectivity index (χ4n) is 4.64. The Morgan fingerprint density at radius 2 is 1.81 bits per heavy atom. The molecule has 2 aliphatic rings. The highest BCUT2D eigenvalue weighted by Crippen LogP contribution is 2.32. The first-order chi connectivity index (χ1) is 13.2. The predicted molar refractivity (Wildman–Crippen MR) is 110 cm³/mol. The zero-order valence-electron chi connectivity index (χ0n) is 16.4. The highest BCUT2D eigenvalue weighted by atomic mass is 16.1. The van der Waals surface area contributed by atoms with Crippen LogP contribution >= 0.6 is 0 Å². The number of hydrogen-bond acceptors (Lipinski definition) is 3. The van der Waals surface area contributed by atoms with Crippen molar-refractivity contribution in [3.8, 4) is 0 Å². The average Bonchev–Trinajstić information content (AvgIpc) is 2.69. The maximum Gasteiger partial charge on any atom is 0.250 e. The third-order valence-corrected chi connectivity index (χ3v) is 6.08. The van der Waals surface area contributed by atoms with Crippen LogP contribution in [0.15, 0.2) is 47.4 Å². The van der Waals surface area contributed by atoms with Gasteiger partial charge in [0.05, 0.1) is 0 Å². The number of pyridine rings is 1. The fourth-order valence-corrected chi connectivity index (χ4v) is 4.64. The summed E-state index contributed by atoms with van der Waals surface area (Å²) in [7, 11) is 2.14. The lowest BCUT2D eigenvalue weighted by Crippen LogP contribution is -2.34. The Bertz CT molecular complexity index is 808. The van der Waals surface area contributed by atoms with Gasteiger partial charge in [-0.15, -0.1) is 0 Å². The first kappa shape index (κ1) is 18.5. The van der Waals surface area contributed by atoms with Crippen LogP contribution < -0.4 is 5.56 Å². The summed E-state index contributed by atoms with van der Waals surface area (Å²) in [5.74, 6) is 0.342. The number of aryl methyl sites for hydroxylation is 1. The van der Waals surface area contributed by atoms with E-state index in [0.29, 0.717) is 5.92 Å². The van der Waals surface area contributed by atoms with Crippen molar-refractivity contribution in [2.45, 2.75) is 44.7 Å². The Balaban J connectivity index is 1.53. The highest BCUT2D eigenvalue weighted by Gasteiger charge is 2.25. The summed E-state index contributed by atoms with van der Waals surface area (Å²) in [5.41, 5.74) is 4.00. The van der Waals surface area contributed by atoms with Crippen molar-refractivity contribution in [3.05, 3.63) is 69.6 Å². The topological polar surface area (TPSA) is 28.5 Å². The van der Waals surface area contributed by atoms with Crippen LogP contribution in [0.5, 0.6) is 0 Å². The molecule has 0 spiro atoms. The maximum atomic E-state index is 12.7. The lowest BCUT2D eigenvalue weighted by molar-refractivity contribution is 0.222. The molecule has 0 aliphatic carbocycles. The Morgan fingerprint density at radius 1 is 1.04 bits per heavy atom. The molecular weight excluding hydrogens is 334 g/mol. The normalized spacial score (nSPS) is 21.1. The van der Waals surface area contributed by atoms with Gasteiger partial charge in [0.2, 0.25) is 0 Å². The van der Waals surface area contributed by atoms with E-state index < -0.39 is 0 Å². The summed E-state index contributed by atoms with van der Waals surface area (Å²) in [6.45, 7) is 6.24. The van der Waals surface area contributed by atoms with Crippen LogP contribution in [0.1, 0.15) is 48.3 Å². The molecule has 3 heterocycles. The molecule has 1 aromatic heterocycles. The smallest absolute Gasteiger partial charge is 0.250 e. The largest absolute Gasteiger partial charge is 0.315 e. The van der Waals surface area contributed by atoms with Crippen molar-refractivity contribution in [2.24, 2.45) is 0 Å². The van der Waals surface area contributed by atoms with Gasteiger partial charge in [0.25, 0.3) is 5.56 Å². The van der Waals surface area contributed by atoms with Crippen LogP contribution in [0.2, 0.25) is 0 Å². The molecule has 144 valence electrons. The number of likely N-dealkylation sites (N-methyl/N-ethyl adjacent to an activating group) is 1. The van der Waals surface area contributed by atoms with Crippen LogP contribution in [-0.2, 0) is 13.1 Å². The van der Waals surface area contributed by atoms with Gasteiger partial charge in [-0.05, 0) is 62.6 Å². The molecule has 4 heteroatoms. The zero-order chi connectivity index (χ0) is 18.6. The standard InChI is InChI=1S/C23H31N3O/c1-24-16-20-15-23(27)26(14-8-13-25-11-6-3-7-12-25)18-22(20)21(17-24)19-9-4-2-5-10-19/h2,4-5,9-10,15,18,21H,3,6-8,11-14,16-17H2,1H3. The minimum absolute atomic E-state index is 0.148. The van der Waals surface area contributed by atoms with Gasteiger partial charge in [0.15, 0.2) is 0 Å². The molecule has 0 amide bonds. The summed E-state index contributed by atoms with van der Waals surface area (Å²) >= 11 is 0. The second-order valence-electron chi connectivity index (χ2n) is 8.20. The number of piperidine rings is 1. The van der Waals surface area contributed by atoms with Gasteiger partial charge in [-0.1, -0.05) is 36.8 Å². The molecule has 0 saturated carbocycles. The molecule has 27 heavy (non-hydrogen) atoms. The fraction of sp³-hybridized carbons (Fsp3) is 0.522. The molecular formula is C23H31N3O. The average molecular weight is 366 g/mol. The number of hydrogen-bond donors (Lipinski definition) is 0. The van der Waals surface area contributed by atoms with E-state index in [2.05, 4.69) is 53.4 Å². The van der Waals surface area contributed by atoms with Crippen molar-refractivity contribution in [1.29, 1.82) is 0 Å². The quantitative estimate of drug-likeness (QED) is 0.814. The zero-order valence-corrected chi connectivity index (χ0v) is 16.4. The molecule has 1 unspecified atom stereocenters. The van der Waals surface area contributed by atoms with Crippen LogP contribution in [0, 0.1) is 0 Å². The highest BCUT2D eigenvalue weighted by molar-refractivity contribution is 5.38. The van der Waals surface area contributed by atoms with E-state index >= 15 is 0 Å². The molecule has 0 N–H and O–H groups in total. The SMILES string of the molecule is CN1Cc2cc(=O)n(CCCN3CCCCC3)cc2C(c2ccccc2)C1. The third-order valence-electron chi connectivity index (χ3n) is 6.08. The van der Waals surface area contributed by atoms with Gasteiger partial charge in [0.1, 0.15) is 0 Å². The van der Waals surface area contributed by atoms with Crippen molar-refractivity contribution < 1.29 is 0 Å². The van der Waals surface area contributed by atoms with E-state index in [-0.39, 0.29) is 5.56 Å². The summed E-state index contributed by atoms with van der Waals surface area (Å²) in [5, 5.41) is 0. The van der Waals surface area contributed by atoms with Crippen molar-refractivity contribution in [3.63, 3.8) is 0 Å². The second-order valence-corrected chi connectivity index (χ2v) is 8.20. The van der Waals surface area contributed by atoms with Crippen molar-refractivity contribution in [1.82, 2.24) is 14.4 Å². The van der Waals surface area contributed by atoms with Crippen molar-refractivity contribution in [2.75, 3.05) is 33.2 Å². The molecule has 0 bridgehead atoms. The van der Waals surface area contributed by atoms with Crippen LogP contribution in [0.3, 0.4) is 0 Å². The Kier molecular flexibility index (Phi) is 5.74. The van der Waals surface area contributed by atoms with Gasteiger partial charge in [-0.25, -0.2) is 0 Å². The van der Waals surface area contributed by atoms with Gasteiger partial charge >= 0.3 is 0 Å². The van der Waals surface area contributed by atoms with E-state index in [0.717, 1.165) is 32.6 Å². The number of rotatable bonds is 5. The number of likely N-dealkylation sites (tertiary alicyclic amines) is 1. The summed E-state index contributed by atoms with van der Waals surface area (Å²) in [6.07, 6.45) is 7.22. The van der Waals surface area contributed by atoms with E-state index in [1.165, 1.54) is 49.0 Å². The van der Waals surface area contributed by atoms with Crippen molar-refractivity contribution >= 4 is 0 Å². The number of benzene rings is 1. The lowest BCUT2D eigenvalue weighted by Gasteiger charge is -2.33. The van der Waals surface area contributed by atoms with Crippen LogP contribution in [0.25, 0.3) is 0 Å². The Hall–Kier alpha value is -1.91. The van der Waals surface area contributed by atoms with E-state index in [9.17, 15) is 4.79 Å². The molecule has 0 radical (unpaired) electrons. The lowest BCUT2D eigenvalue weighted by atomic mass is 9.86. The number of fused-ring (bicyclic) bond motifs is 1. The summed E-state index contributed by atoms with van der Waals surface area (Å²) < 4.78 is 1.95. The van der Waals surface area contributed by atoms with Crippen LogP contribution in [-0.4, -0.2) is 47.6 Å². The Labute approximate surface area is 162 Å². The molecule has 4 rings (SSSR count). The predicted octanol–water partition coefficient (Wildman–Crippen LogP) is 3.30. The first-order valence-electron chi connectivity index (χ1n) is 10.4.